The van der Waals surface area contributed by atoms with Gasteiger partial charge in [0.05, 0.1) is 32.2 Å². The minimum atomic E-state index is -5.01. The number of hydrogen-bond acceptors (Lipinski definition) is 12. The zero-order valence-electron chi connectivity index (χ0n) is 38.1. The molecular formula is C45H58N4O13S5. The van der Waals surface area contributed by atoms with Gasteiger partial charge in [-0.15, -0.1) is 0 Å². The summed E-state index contributed by atoms with van der Waals surface area (Å²) in [6.07, 6.45) is 12.4. The Morgan fingerprint density at radius 1 is 0.642 bits per heavy atom. The summed E-state index contributed by atoms with van der Waals surface area (Å²) >= 11 is 0. The van der Waals surface area contributed by atoms with Crippen LogP contribution in [-0.2, 0) is 61.2 Å². The molecule has 0 radical (unpaired) electrons. The lowest BCUT2D eigenvalue weighted by Crippen LogP contribution is -2.40. The van der Waals surface area contributed by atoms with E-state index < -0.39 is 95.1 Å². The number of unbranched alkanes of at least 4 members (excludes halogenated alkanes) is 2. The van der Waals surface area contributed by atoms with E-state index in [2.05, 4.69) is 35.1 Å². The van der Waals surface area contributed by atoms with E-state index >= 15 is 0 Å². The van der Waals surface area contributed by atoms with Crippen LogP contribution in [0.4, 0.5) is 11.4 Å². The lowest BCUT2D eigenvalue weighted by molar-refractivity contribution is 0.468. The van der Waals surface area contributed by atoms with Crippen LogP contribution in [0, 0.1) is 0 Å². The Bertz CT molecular complexity index is 3260. The number of allylic oxidation sites excluding steroid dienone is 5. The second-order valence-corrected chi connectivity index (χ2v) is 25.8. The van der Waals surface area contributed by atoms with Crippen LogP contribution in [0.15, 0.2) is 105 Å². The highest BCUT2D eigenvalue weighted by Gasteiger charge is 2.45. The predicted molar refractivity (Wildman–Crippen MR) is 262 cm³/mol. The van der Waals surface area contributed by atoms with Crippen molar-refractivity contribution in [1.82, 2.24) is 9.44 Å². The van der Waals surface area contributed by atoms with Gasteiger partial charge in [0.15, 0.2) is 0 Å². The number of sulfonamides is 2. The number of nitrogens with zero attached hydrogens (tertiary/aromatic N) is 2. The summed E-state index contributed by atoms with van der Waals surface area (Å²) in [5.74, 6) is -1.52. The molecule has 2 aliphatic rings. The number of fused-ring (bicyclic) bond motifs is 6. The van der Waals surface area contributed by atoms with Crippen molar-refractivity contribution < 1.29 is 55.7 Å². The summed E-state index contributed by atoms with van der Waals surface area (Å²) in [7, 11) is -22.4. The summed E-state index contributed by atoms with van der Waals surface area (Å²) in [5.41, 5.74) is 2.44. The van der Waals surface area contributed by atoms with Crippen molar-refractivity contribution in [3.8, 4) is 0 Å². The average molecular weight is 1020 g/mol. The van der Waals surface area contributed by atoms with Gasteiger partial charge in [-0.2, -0.15) is 25.3 Å². The maximum absolute atomic E-state index is 13.6. The maximum atomic E-state index is 13.6. The minimum absolute atomic E-state index is 0.0121. The number of anilines is 2. The average Bonchev–Trinajstić information content (AvgIpc) is 3.56. The van der Waals surface area contributed by atoms with Crippen molar-refractivity contribution in [1.29, 1.82) is 0 Å². The van der Waals surface area contributed by atoms with Crippen LogP contribution in [-0.4, -0.2) is 99.5 Å². The summed E-state index contributed by atoms with van der Waals surface area (Å²) in [6.45, 7) is 12.1. The van der Waals surface area contributed by atoms with Crippen molar-refractivity contribution in [3.63, 3.8) is 0 Å². The summed E-state index contributed by atoms with van der Waals surface area (Å²) < 4.78 is 159. The van der Waals surface area contributed by atoms with Gasteiger partial charge in [-0.25, -0.2) is 26.3 Å². The fourth-order valence-electron chi connectivity index (χ4n) is 9.48. The van der Waals surface area contributed by atoms with Gasteiger partial charge in [0.25, 0.3) is 30.4 Å². The Hall–Kier alpha value is -4.23. The molecule has 0 aromatic heterocycles. The van der Waals surface area contributed by atoms with E-state index in [0.717, 1.165) is 60.3 Å². The van der Waals surface area contributed by atoms with Gasteiger partial charge in [0.2, 0.25) is 20.0 Å². The molecule has 17 nitrogen and oxygen atoms in total. The second-order valence-electron chi connectivity index (χ2n) is 17.8. The van der Waals surface area contributed by atoms with Crippen LogP contribution in [0.3, 0.4) is 0 Å². The van der Waals surface area contributed by atoms with E-state index in [1.54, 1.807) is 25.1 Å². The van der Waals surface area contributed by atoms with E-state index in [4.69, 9.17) is 0 Å². The van der Waals surface area contributed by atoms with Crippen molar-refractivity contribution in [3.05, 3.63) is 102 Å². The first kappa shape index (κ1) is 52.1. The van der Waals surface area contributed by atoms with Crippen molar-refractivity contribution >= 4 is 83.3 Å². The van der Waals surface area contributed by atoms with Crippen molar-refractivity contribution in [2.24, 2.45) is 0 Å². The normalized spacial score (nSPS) is 18.3. The molecule has 366 valence electrons. The SMILES string of the molecule is CCCCCN1/C(=C/C=C/C=C/C2N(CCCS(=O)(=O)O)c3ccc4c(S(=O)(=O)NCCS(=O)(=O)O)cc(S(=O)(=O)O)cc4c3C2(C)C)C(C)(C)c2c1ccc1c(S(=O)(=O)NCC)cccc21. The molecule has 0 aliphatic carbocycles. The molecule has 6 rings (SSSR count). The van der Waals surface area contributed by atoms with Crippen LogP contribution in [0.25, 0.3) is 21.5 Å². The highest BCUT2D eigenvalue weighted by atomic mass is 32.2. The van der Waals surface area contributed by atoms with Crippen LogP contribution in [0.2, 0.25) is 0 Å². The summed E-state index contributed by atoms with van der Waals surface area (Å²) in [4.78, 5) is 3.04. The molecular weight excluding hydrogens is 965 g/mol. The van der Waals surface area contributed by atoms with Gasteiger partial charge in [-0.05, 0) is 71.1 Å². The van der Waals surface area contributed by atoms with E-state index in [1.165, 1.54) is 6.07 Å². The van der Waals surface area contributed by atoms with Crippen LogP contribution < -0.4 is 19.2 Å². The first-order valence-electron chi connectivity index (χ1n) is 21.7. The first-order chi connectivity index (χ1) is 31.1. The maximum Gasteiger partial charge on any atom is 0.294 e. The van der Waals surface area contributed by atoms with Crippen LogP contribution >= 0.6 is 0 Å². The molecule has 0 bridgehead atoms. The molecule has 0 saturated heterocycles. The molecule has 22 heteroatoms. The minimum Gasteiger partial charge on any atom is -0.364 e. The quantitative estimate of drug-likeness (QED) is 0.0363. The highest BCUT2D eigenvalue weighted by Crippen LogP contribution is 2.52. The van der Waals surface area contributed by atoms with Gasteiger partial charge in [-0.1, -0.05) is 103 Å². The van der Waals surface area contributed by atoms with Crippen molar-refractivity contribution in [2.75, 3.05) is 47.5 Å². The van der Waals surface area contributed by atoms with Gasteiger partial charge < -0.3 is 9.80 Å². The Morgan fingerprint density at radius 3 is 1.91 bits per heavy atom. The number of hydrogen-bond donors (Lipinski definition) is 5. The number of nitrogens with one attached hydrogen (secondary N) is 2. The third-order valence-electron chi connectivity index (χ3n) is 12.3. The molecule has 4 aromatic rings. The Kier molecular flexibility index (Phi) is 15.0. The van der Waals surface area contributed by atoms with Gasteiger partial charge >= 0.3 is 0 Å². The molecule has 0 saturated carbocycles. The second kappa shape index (κ2) is 19.3. The van der Waals surface area contributed by atoms with E-state index in [1.807, 2.05) is 67.3 Å². The molecule has 5 N–H and O–H groups in total. The fourth-order valence-corrected chi connectivity index (χ4v) is 13.6. The molecule has 0 amide bonds. The zero-order chi connectivity index (χ0) is 49.5. The third kappa shape index (κ3) is 11.0. The Labute approximate surface area is 394 Å². The van der Waals surface area contributed by atoms with Gasteiger partial charge in [0.1, 0.15) is 0 Å². The lowest BCUT2D eigenvalue weighted by Gasteiger charge is -2.32. The van der Waals surface area contributed by atoms with Gasteiger partial charge in [-0.3, -0.25) is 13.7 Å². The summed E-state index contributed by atoms with van der Waals surface area (Å²) in [6, 6.07) is 13.6. The highest BCUT2D eigenvalue weighted by molar-refractivity contribution is 7.90. The molecule has 0 spiro atoms. The topological polar surface area (TPSA) is 262 Å². The smallest absolute Gasteiger partial charge is 0.294 e. The molecule has 2 heterocycles. The molecule has 1 unspecified atom stereocenters. The lowest BCUT2D eigenvalue weighted by atomic mass is 9.78. The largest absolute Gasteiger partial charge is 0.364 e. The first-order valence-corrected chi connectivity index (χ1v) is 29.3. The fraction of sp³-hybridized carbons (Fsp3) is 0.422. The van der Waals surface area contributed by atoms with E-state index in [-0.39, 0.29) is 35.2 Å². The Morgan fingerprint density at radius 2 is 1.28 bits per heavy atom. The third-order valence-corrected chi connectivity index (χ3v) is 17.8. The number of benzene rings is 4. The molecule has 0 fully saturated rings. The number of rotatable bonds is 20. The molecule has 1 atom stereocenters. The van der Waals surface area contributed by atoms with Crippen molar-refractivity contribution in [2.45, 2.75) is 98.8 Å². The molecule has 67 heavy (non-hydrogen) atoms. The van der Waals surface area contributed by atoms with E-state index in [0.29, 0.717) is 16.6 Å². The standard InChI is InChI=1S/C45H58N4O13S5/c1-7-9-13-25-48-36-22-20-32-34(16-14-17-38(32)65(56,57)46-8-2)42(36)44(3,4)40(48)18-11-10-12-19-41-45(5,6)43-35-29-31(67(60,61)62)30-39(66(58,59)47-24-28-64(53,54)55)33(35)21-23-37(43)49(41)26-15-27-63(50,51)52/h10-12,14,16-23,29-30,41,46-47H,7-9,13,15,24-28H2,1-6H3,(H,50,51,52)(H,53,54,55)(H,60,61,62)/b11-10+,19-12+,40-18+. The summed E-state index contributed by atoms with van der Waals surface area (Å²) in [5, 5.41) is 1.63. The molecule has 4 aromatic carbocycles. The van der Waals surface area contributed by atoms with E-state index in [9.17, 15) is 55.7 Å². The van der Waals surface area contributed by atoms with Gasteiger partial charge in [0, 0.05) is 64.9 Å². The van der Waals surface area contributed by atoms with Crippen LogP contribution in [0.5, 0.6) is 0 Å². The zero-order valence-corrected chi connectivity index (χ0v) is 42.2. The monoisotopic (exact) mass is 1020 g/mol. The van der Waals surface area contributed by atoms with Crippen LogP contribution in [0.1, 0.15) is 78.4 Å². The Balaban J connectivity index is 1.43. The predicted octanol–water partition coefficient (Wildman–Crippen LogP) is 6.43. The molecule has 2 aliphatic heterocycles.